The van der Waals surface area contributed by atoms with E-state index in [0.717, 1.165) is 5.75 Å². The maximum atomic E-state index is 5.71. The van der Waals surface area contributed by atoms with Crippen LogP contribution in [0.3, 0.4) is 0 Å². The number of aryl methyl sites for hydroxylation is 1. The van der Waals surface area contributed by atoms with Crippen LogP contribution in [0, 0.1) is 6.92 Å². The molecule has 0 aromatic heterocycles. The number of benzene rings is 1. The van der Waals surface area contributed by atoms with Gasteiger partial charge in [-0.3, -0.25) is 0 Å². The molecule has 1 aliphatic rings. The Morgan fingerprint density at radius 3 is 2.83 bits per heavy atom. The number of ether oxygens (including phenoxy) is 1. The first-order valence-electron chi connectivity index (χ1n) is 4.05. The van der Waals surface area contributed by atoms with Gasteiger partial charge in [0.25, 0.3) is 0 Å². The molecule has 1 aromatic rings. The second-order valence-corrected chi connectivity index (χ2v) is 5.18. The van der Waals surface area contributed by atoms with Crippen molar-refractivity contribution < 1.29 is 4.74 Å². The van der Waals surface area contributed by atoms with Gasteiger partial charge in [0.2, 0.25) is 0 Å². The van der Waals surface area contributed by atoms with Crippen molar-refractivity contribution in [3.05, 3.63) is 23.8 Å². The standard InChI is InChI=1S/C10H12OS/c1-7-4-5-8-9(6-7)12-10(2,3)11-8/h4-6H,1-3H3. The summed E-state index contributed by atoms with van der Waals surface area (Å²) < 4.78 is 5.71. The van der Waals surface area contributed by atoms with Gasteiger partial charge >= 0.3 is 0 Å². The summed E-state index contributed by atoms with van der Waals surface area (Å²) in [6, 6.07) is 6.31. The Morgan fingerprint density at radius 1 is 1.33 bits per heavy atom. The van der Waals surface area contributed by atoms with E-state index in [1.54, 1.807) is 11.8 Å². The first-order chi connectivity index (χ1) is 5.57. The minimum absolute atomic E-state index is 0.0872. The van der Waals surface area contributed by atoms with Crippen LogP contribution in [0.5, 0.6) is 5.75 Å². The average molecular weight is 180 g/mol. The summed E-state index contributed by atoms with van der Waals surface area (Å²) in [6.45, 7) is 6.28. The highest BCUT2D eigenvalue weighted by molar-refractivity contribution is 8.00. The third-order valence-corrected chi connectivity index (χ3v) is 2.92. The molecule has 0 radical (unpaired) electrons. The molecule has 0 fully saturated rings. The van der Waals surface area contributed by atoms with Gasteiger partial charge in [-0.2, -0.15) is 0 Å². The number of hydrogen-bond donors (Lipinski definition) is 0. The van der Waals surface area contributed by atoms with Crippen molar-refractivity contribution in [3.8, 4) is 5.75 Å². The Balaban J connectivity index is 2.43. The molecule has 0 atom stereocenters. The van der Waals surface area contributed by atoms with Gasteiger partial charge in [0, 0.05) is 0 Å². The van der Waals surface area contributed by atoms with Gasteiger partial charge < -0.3 is 4.74 Å². The van der Waals surface area contributed by atoms with Crippen LogP contribution >= 0.6 is 11.8 Å². The largest absolute Gasteiger partial charge is 0.476 e. The van der Waals surface area contributed by atoms with Crippen molar-refractivity contribution in [1.82, 2.24) is 0 Å². The van der Waals surface area contributed by atoms with Gasteiger partial charge in [-0.1, -0.05) is 17.8 Å². The van der Waals surface area contributed by atoms with Crippen molar-refractivity contribution in [2.24, 2.45) is 0 Å². The lowest BCUT2D eigenvalue weighted by Crippen LogP contribution is -2.17. The first-order valence-corrected chi connectivity index (χ1v) is 4.87. The van der Waals surface area contributed by atoms with E-state index in [-0.39, 0.29) is 4.93 Å². The van der Waals surface area contributed by atoms with Crippen molar-refractivity contribution in [2.75, 3.05) is 0 Å². The third-order valence-electron chi connectivity index (χ3n) is 1.81. The summed E-state index contributed by atoms with van der Waals surface area (Å²) in [7, 11) is 0. The molecule has 1 nitrogen and oxygen atoms in total. The highest BCUT2D eigenvalue weighted by atomic mass is 32.2. The van der Waals surface area contributed by atoms with E-state index in [1.807, 2.05) is 6.07 Å². The zero-order chi connectivity index (χ0) is 8.77. The smallest absolute Gasteiger partial charge is 0.153 e. The molecule has 0 spiro atoms. The Hall–Kier alpha value is -0.630. The predicted molar refractivity (Wildman–Crippen MR) is 51.7 cm³/mol. The molecule has 0 bridgehead atoms. The molecule has 0 saturated heterocycles. The topological polar surface area (TPSA) is 9.23 Å². The van der Waals surface area contributed by atoms with Gasteiger partial charge in [0.15, 0.2) is 4.93 Å². The highest BCUT2D eigenvalue weighted by Gasteiger charge is 2.30. The number of rotatable bonds is 0. The van der Waals surface area contributed by atoms with E-state index in [9.17, 15) is 0 Å². The first kappa shape index (κ1) is 7.99. The Bertz CT molecular complexity index is 318. The summed E-state index contributed by atoms with van der Waals surface area (Å²) in [6.07, 6.45) is 0. The molecule has 12 heavy (non-hydrogen) atoms. The van der Waals surface area contributed by atoms with Crippen molar-refractivity contribution >= 4 is 11.8 Å². The predicted octanol–water partition coefficient (Wildman–Crippen LogP) is 3.22. The fourth-order valence-corrected chi connectivity index (χ4v) is 2.45. The molecule has 0 aliphatic carbocycles. The molecule has 1 aromatic carbocycles. The van der Waals surface area contributed by atoms with E-state index in [0.29, 0.717) is 0 Å². The van der Waals surface area contributed by atoms with Crippen molar-refractivity contribution in [1.29, 1.82) is 0 Å². The van der Waals surface area contributed by atoms with Gasteiger partial charge in [0.05, 0.1) is 4.90 Å². The lowest BCUT2D eigenvalue weighted by atomic mass is 10.2. The summed E-state index contributed by atoms with van der Waals surface area (Å²) >= 11 is 1.79. The fraction of sp³-hybridized carbons (Fsp3) is 0.400. The van der Waals surface area contributed by atoms with Crippen LogP contribution in [-0.4, -0.2) is 4.93 Å². The quantitative estimate of drug-likeness (QED) is 0.606. The Kier molecular flexibility index (Phi) is 1.62. The number of hydrogen-bond acceptors (Lipinski definition) is 2. The van der Waals surface area contributed by atoms with Crippen LogP contribution in [-0.2, 0) is 0 Å². The Labute approximate surface area is 77.1 Å². The second kappa shape index (κ2) is 2.43. The van der Waals surface area contributed by atoms with Gasteiger partial charge in [-0.25, -0.2) is 0 Å². The van der Waals surface area contributed by atoms with Crippen molar-refractivity contribution in [2.45, 2.75) is 30.6 Å². The van der Waals surface area contributed by atoms with Crippen molar-refractivity contribution in [3.63, 3.8) is 0 Å². The SMILES string of the molecule is Cc1ccc2c(c1)SC(C)(C)O2. The van der Waals surface area contributed by atoms with Crippen LogP contribution in [0.2, 0.25) is 0 Å². The van der Waals surface area contributed by atoms with Crippen LogP contribution in [0.4, 0.5) is 0 Å². The van der Waals surface area contributed by atoms with Gasteiger partial charge in [-0.05, 0) is 38.5 Å². The molecule has 0 saturated carbocycles. The molecular formula is C10H12OS. The minimum Gasteiger partial charge on any atom is -0.476 e. The molecule has 64 valence electrons. The second-order valence-electron chi connectivity index (χ2n) is 3.55. The van der Waals surface area contributed by atoms with E-state index < -0.39 is 0 Å². The minimum atomic E-state index is -0.0872. The Morgan fingerprint density at radius 2 is 2.08 bits per heavy atom. The number of thioether (sulfide) groups is 1. The van der Waals surface area contributed by atoms with E-state index in [2.05, 4.69) is 32.9 Å². The summed E-state index contributed by atoms with van der Waals surface area (Å²) in [5.41, 5.74) is 1.29. The van der Waals surface area contributed by atoms with E-state index in [1.165, 1.54) is 10.5 Å². The average Bonchev–Trinajstić information content (AvgIpc) is 2.21. The summed E-state index contributed by atoms with van der Waals surface area (Å²) in [4.78, 5) is 1.18. The lowest BCUT2D eigenvalue weighted by Gasteiger charge is -2.15. The normalized spacial score (nSPS) is 18.6. The van der Waals surface area contributed by atoms with Crippen LogP contribution in [0.15, 0.2) is 23.1 Å². The van der Waals surface area contributed by atoms with Gasteiger partial charge in [0.1, 0.15) is 5.75 Å². The maximum absolute atomic E-state index is 5.71. The molecular weight excluding hydrogens is 168 g/mol. The maximum Gasteiger partial charge on any atom is 0.153 e. The molecule has 0 amide bonds. The fourth-order valence-electron chi connectivity index (χ4n) is 1.33. The van der Waals surface area contributed by atoms with Gasteiger partial charge in [-0.15, -0.1) is 0 Å². The lowest BCUT2D eigenvalue weighted by molar-refractivity contribution is 0.215. The monoisotopic (exact) mass is 180 g/mol. The van der Waals surface area contributed by atoms with Crippen LogP contribution in [0.1, 0.15) is 19.4 Å². The molecule has 2 rings (SSSR count). The van der Waals surface area contributed by atoms with Crippen LogP contribution < -0.4 is 4.74 Å². The molecule has 1 aliphatic heterocycles. The zero-order valence-corrected chi connectivity index (χ0v) is 8.37. The summed E-state index contributed by atoms with van der Waals surface area (Å²) in [5.74, 6) is 1.02. The molecule has 1 heterocycles. The number of fused-ring (bicyclic) bond motifs is 1. The van der Waals surface area contributed by atoms with Crippen LogP contribution in [0.25, 0.3) is 0 Å². The molecule has 0 N–H and O–H groups in total. The van der Waals surface area contributed by atoms with E-state index in [4.69, 9.17) is 4.74 Å². The molecule has 2 heteroatoms. The zero-order valence-electron chi connectivity index (χ0n) is 7.55. The third kappa shape index (κ3) is 1.31. The molecule has 0 unspecified atom stereocenters. The summed E-state index contributed by atoms with van der Waals surface area (Å²) in [5, 5.41) is 0. The van der Waals surface area contributed by atoms with E-state index >= 15 is 0 Å². The highest BCUT2D eigenvalue weighted by Crippen LogP contribution is 2.46.